The molecular weight excluding hydrogens is 425 g/mol. The Morgan fingerprint density at radius 2 is 2.12 bits per heavy atom. The second kappa shape index (κ2) is 9.83. The third kappa shape index (κ3) is 5.38. The monoisotopic (exact) mass is 451 g/mol. The Bertz CT molecular complexity index is 1150. The number of nitrogens with one attached hydrogen (secondary N) is 1. The number of carbonyl (C=O) groups excluding carboxylic acids is 1. The Morgan fingerprint density at radius 3 is 2.91 bits per heavy atom. The molecule has 1 amide bonds. The molecule has 0 saturated carbocycles. The van der Waals surface area contributed by atoms with E-state index < -0.39 is 11.7 Å². The molecule has 172 valence electrons. The minimum Gasteiger partial charge on any atom is -0.492 e. The van der Waals surface area contributed by atoms with Crippen LogP contribution in [0.25, 0.3) is 11.3 Å². The van der Waals surface area contributed by atoms with Crippen LogP contribution in [-0.2, 0) is 11.2 Å². The van der Waals surface area contributed by atoms with Gasteiger partial charge in [-0.15, -0.1) is 0 Å². The number of amides is 1. The van der Waals surface area contributed by atoms with Crippen LogP contribution in [0.4, 0.5) is 16.0 Å². The van der Waals surface area contributed by atoms with E-state index in [9.17, 15) is 4.79 Å². The number of benzene rings is 2. The van der Waals surface area contributed by atoms with Gasteiger partial charge >= 0.3 is 0 Å². The van der Waals surface area contributed by atoms with E-state index in [1.807, 2.05) is 43.3 Å². The average molecular weight is 452 g/mol. The molecule has 33 heavy (non-hydrogen) atoms. The Morgan fingerprint density at radius 1 is 1.30 bits per heavy atom. The Balaban J connectivity index is 1.59. The Labute approximate surface area is 191 Å². The lowest BCUT2D eigenvalue weighted by Gasteiger charge is -2.25. The van der Waals surface area contributed by atoms with Crippen molar-refractivity contribution < 1.29 is 18.7 Å². The van der Waals surface area contributed by atoms with Gasteiger partial charge in [0, 0.05) is 24.4 Å². The van der Waals surface area contributed by atoms with E-state index in [4.69, 9.17) is 15.2 Å². The zero-order valence-electron chi connectivity index (χ0n) is 18.5. The van der Waals surface area contributed by atoms with Crippen LogP contribution in [0.3, 0.4) is 0 Å². The van der Waals surface area contributed by atoms with Crippen LogP contribution < -0.4 is 20.5 Å². The van der Waals surface area contributed by atoms with Crippen molar-refractivity contribution in [1.82, 2.24) is 14.9 Å². The number of nitrogens with zero attached hydrogens (tertiary/aromatic N) is 3. The Hall–Kier alpha value is -3.72. The van der Waals surface area contributed by atoms with Gasteiger partial charge in [-0.1, -0.05) is 18.2 Å². The van der Waals surface area contributed by atoms with E-state index in [-0.39, 0.29) is 29.7 Å². The lowest BCUT2D eigenvalue weighted by molar-refractivity contribution is -0.121. The lowest BCUT2D eigenvalue weighted by Crippen LogP contribution is -2.32. The third-order valence-corrected chi connectivity index (χ3v) is 5.32. The number of nitrogen functional groups attached to an aromatic ring is 1. The highest BCUT2D eigenvalue weighted by atomic mass is 19.1. The normalized spacial score (nSPS) is 15.0. The first-order chi connectivity index (χ1) is 15.9. The summed E-state index contributed by atoms with van der Waals surface area (Å²) in [7, 11) is 3.85. The first-order valence-electron chi connectivity index (χ1n) is 10.6. The summed E-state index contributed by atoms with van der Waals surface area (Å²) in [6.45, 7) is 1.25. The van der Waals surface area contributed by atoms with E-state index in [2.05, 4.69) is 15.3 Å². The van der Waals surface area contributed by atoms with Gasteiger partial charge in [0.25, 0.3) is 0 Å². The van der Waals surface area contributed by atoms with Gasteiger partial charge in [-0.25, -0.2) is 14.4 Å². The van der Waals surface area contributed by atoms with Crippen molar-refractivity contribution in [2.45, 2.75) is 6.42 Å². The number of rotatable bonds is 7. The molecule has 0 saturated heterocycles. The molecule has 2 aromatic carbocycles. The summed E-state index contributed by atoms with van der Waals surface area (Å²) in [6, 6.07) is 12.0. The Kier molecular flexibility index (Phi) is 6.69. The van der Waals surface area contributed by atoms with Gasteiger partial charge in [-0.05, 0) is 44.3 Å². The quantitative estimate of drug-likeness (QED) is 0.569. The molecule has 1 aliphatic heterocycles. The summed E-state index contributed by atoms with van der Waals surface area (Å²) in [5.41, 5.74) is 7.41. The van der Waals surface area contributed by atoms with Gasteiger partial charge in [0.15, 0.2) is 0 Å². The smallest absolute Gasteiger partial charge is 0.231 e. The molecule has 1 atom stereocenters. The van der Waals surface area contributed by atoms with Crippen molar-refractivity contribution in [1.29, 1.82) is 0 Å². The van der Waals surface area contributed by atoms with Crippen LogP contribution in [0, 0.1) is 11.7 Å². The number of nitrogens with two attached hydrogens (primary N) is 1. The molecule has 8 nitrogen and oxygen atoms in total. The van der Waals surface area contributed by atoms with Crippen LogP contribution in [0.15, 0.2) is 48.7 Å². The van der Waals surface area contributed by atoms with E-state index >= 15 is 4.39 Å². The average Bonchev–Trinajstić information content (AvgIpc) is 2.79. The van der Waals surface area contributed by atoms with Crippen LogP contribution in [0.1, 0.15) is 5.56 Å². The maximum Gasteiger partial charge on any atom is 0.231 e. The lowest BCUT2D eigenvalue weighted by atomic mass is 9.96. The predicted octanol–water partition coefficient (Wildman–Crippen LogP) is 3.00. The summed E-state index contributed by atoms with van der Waals surface area (Å²) in [4.78, 5) is 22.9. The maximum absolute atomic E-state index is 15.0. The molecular formula is C24H26FN5O3. The van der Waals surface area contributed by atoms with Crippen molar-refractivity contribution in [3.05, 3.63) is 60.0 Å². The molecule has 0 aliphatic carbocycles. The predicted molar refractivity (Wildman–Crippen MR) is 124 cm³/mol. The SMILES string of the molecule is CN(C)CCOc1cc(-c2ccnc(N)n2)c(F)cc1NC(=O)C1COc2ccccc2C1. The highest BCUT2D eigenvalue weighted by Gasteiger charge is 2.27. The van der Waals surface area contributed by atoms with Crippen molar-refractivity contribution in [3.63, 3.8) is 0 Å². The molecule has 3 N–H and O–H groups in total. The number of halogens is 1. The number of anilines is 2. The van der Waals surface area contributed by atoms with Gasteiger partial charge in [0.05, 0.1) is 17.3 Å². The highest BCUT2D eigenvalue weighted by molar-refractivity contribution is 5.95. The third-order valence-electron chi connectivity index (χ3n) is 5.32. The van der Waals surface area contributed by atoms with Crippen molar-refractivity contribution in [3.8, 4) is 22.8 Å². The molecule has 0 radical (unpaired) electrons. The number of hydrogen-bond acceptors (Lipinski definition) is 7. The standard InChI is InChI=1S/C24H26FN5O3/c1-30(2)9-10-32-22-12-17(19-7-8-27-24(26)29-19)18(25)13-20(22)28-23(31)16-11-15-5-3-4-6-21(15)33-14-16/h3-8,12-13,16H,9-11,14H2,1-2H3,(H,28,31)(H2,26,27,29). The van der Waals surface area contributed by atoms with Gasteiger partial charge in [-0.3, -0.25) is 4.79 Å². The molecule has 4 rings (SSSR count). The van der Waals surface area contributed by atoms with E-state index in [1.54, 1.807) is 6.07 Å². The van der Waals surface area contributed by atoms with Crippen LogP contribution in [-0.4, -0.2) is 54.6 Å². The van der Waals surface area contributed by atoms with Crippen LogP contribution in [0.5, 0.6) is 11.5 Å². The largest absolute Gasteiger partial charge is 0.492 e. The van der Waals surface area contributed by atoms with Crippen molar-refractivity contribution in [2.24, 2.45) is 5.92 Å². The first-order valence-corrected chi connectivity index (χ1v) is 10.6. The van der Waals surface area contributed by atoms with Gasteiger partial charge < -0.3 is 25.4 Å². The summed E-state index contributed by atoms with van der Waals surface area (Å²) < 4.78 is 26.7. The maximum atomic E-state index is 15.0. The molecule has 0 fully saturated rings. The molecule has 0 spiro atoms. The van der Waals surface area contributed by atoms with Gasteiger partial charge in [0.2, 0.25) is 11.9 Å². The molecule has 1 aromatic heterocycles. The zero-order chi connectivity index (χ0) is 23.4. The zero-order valence-corrected chi connectivity index (χ0v) is 18.5. The molecule has 1 aliphatic rings. The second-order valence-electron chi connectivity index (χ2n) is 8.09. The van der Waals surface area contributed by atoms with E-state index in [0.717, 1.165) is 11.3 Å². The fraction of sp³-hybridized carbons (Fsp3) is 0.292. The fourth-order valence-corrected chi connectivity index (χ4v) is 3.56. The second-order valence-corrected chi connectivity index (χ2v) is 8.09. The molecule has 9 heteroatoms. The molecule has 2 heterocycles. The fourth-order valence-electron chi connectivity index (χ4n) is 3.56. The number of aromatic nitrogens is 2. The highest BCUT2D eigenvalue weighted by Crippen LogP contribution is 2.34. The summed E-state index contributed by atoms with van der Waals surface area (Å²) in [5.74, 6) is -0.0606. The number of ether oxygens (including phenoxy) is 2. The van der Waals surface area contributed by atoms with E-state index in [0.29, 0.717) is 31.0 Å². The summed E-state index contributed by atoms with van der Waals surface area (Å²) >= 11 is 0. The molecule has 0 bridgehead atoms. The number of fused-ring (bicyclic) bond motifs is 1. The van der Waals surface area contributed by atoms with Gasteiger partial charge in [-0.2, -0.15) is 0 Å². The van der Waals surface area contributed by atoms with Crippen LogP contribution >= 0.6 is 0 Å². The number of carbonyl (C=O) groups is 1. The first kappa shape index (κ1) is 22.5. The van der Waals surface area contributed by atoms with Crippen LogP contribution in [0.2, 0.25) is 0 Å². The molecule has 1 unspecified atom stereocenters. The topological polar surface area (TPSA) is 103 Å². The summed E-state index contributed by atoms with van der Waals surface area (Å²) in [5, 5.41) is 2.83. The van der Waals surface area contributed by atoms with Crippen molar-refractivity contribution in [2.75, 3.05) is 44.9 Å². The van der Waals surface area contributed by atoms with Gasteiger partial charge in [0.1, 0.15) is 30.5 Å². The minimum absolute atomic E-state index is 0.0388. The van der Waals surface area contributed by atoms with E-state index in [1.165, 1.54) is 18.3 Å². The minimum atomic E-state index is -0.561. The number of likely N-dealkylation sites (N-methyl/N-ethyl adjacent to an activating group) is 1. The number of para-hydroxylation sites is 1. The van der Waals surface area contributed by atoms with Crippen molar-refractivity contribution >= 4 is 17.5 Å². The summed E-state index contributed by atoms with van der Waals surface area (Å²) in [6.07, 6.45) is 2.00. The number of hydrogen-bond donors (Lipinski definition) is 2. The molecule has 3 aromatic rings.